The standard InChI is InChI=1S/C25H19F2N9O4/c26-15-10-19-20(30-11-15)18(9-14-3-1-2-4-17(14)27)33-35(19)24-31-22(28)21(23(29)32-24)34(25(37)38)12-13-5-7-16(8-6-13)36(39)40/h1-8,10-11H,9,12H2,(H,37,38)(H4,28,29,31,32). The molecule has 0 aliphatic carbocycles. The molecule has 1 amide bonds. The van der Waals surface area contributed by atoms with Crippen molar-refractivity contribution in [2.45, 2.75) is 13.0 Å². The van der Waals surface area contributed by atoms with Gasteiger partial charge in [-0.15, -0.1) is 0 Å². The van der Waals surface area contributed by atoms with Crippen LogP contribution in [0, 0.1) is 21.7 Å². The average molecular weight is 547 g/mol. The number of nitrogens with zero attached hydrogens (tertiary/aromatic N) is 7. The van der Waals surface area contributed by atoms with Crippen molar-refractivity contribution in [3.63, 3.8) is 0 Å². The lowest BCUT2D eigenvalue weighted by molar-refractivity contribution is -0.384. The minimum absolute atomic E-state index is 0.0277. The second kappa shape index (κ2) is 10.2. The van der Waals surface area contributed by atoms with Crippen LogP contribution in [0.15, 0.2) is 60.8 Å². The minimum atomic E-state index is -1.43. The van der Waals surface area contributed by atoms with Crippen molar-refractivity contribution in [3.8, 4) is 5.95 Å². The molecule has 0 atom stereocenters. The third kappa shape index (κ3) is 4.90. The Bertz CT molecular complexity index is 1750. The summed E-state index contributed by atoms with van der Waals surface area (Å²) in [7, 11) is 0. The van der Waals surface area contributed by atoms with Crippen LogP contribution in [0.25, 0.3) is 17.0 Å². The Kier molecular flexibility index (Phi) is 6.61. The Hall–Kier alpha value is -5.73. The molecule has 2 aromatic carbocycles. The van der Waals surface area contributed by atoms with Crippen molar-refractivity contribution in [2.75, 3.05) is 16.4 Å². The molecule has 0 aliphatic heterocycles. The highest BCUT2D eigenvalue weighted by Crippen LogP contribution is 2.31. The number of nitrogen functional groups attached to an aromatic ring is 2. The molecule has 0 saturated carbocycles. The van der Waals surface area contributed by atoms with E-state index in [1.165, 1.54) is 30.3 Å². The number of halogens is 2. The van der Waals surface area contributed by atoms with Gasteiger partial charge in [0, 0.05) is 24.6 Å². The van der Waals surface area contributed by atoms with E-state index in [1.807, 2.05) is 0 Å². The second-order valence-electron chi connectivity index (χ2n) is 8.58. The Morgan fingerprint density at radius 3 is 2.38 bits per heavy atom. The number of carboxylic acid groups (broad SMARTS) is 1. The number of benzene rings is 2. The van der Waals surface area contributed by atoms with Crippen LogP contribution < -0.4 is 16.4 Å². The SMILES string of the molecule is Nc1nc(-n2nc(Cc3ccccc3F)c3ncc(F)cc32)nc(N)c1N(Cc1ccc([N+](=O)[O-])cc1)C(=O)O. The first-order valence-corrected chi connectivity index (χ1v) is 11.6. The second-order valence-corrected chi connectivity index (χ2v) is 8.58. The van der Waals surface area contributed by atoms with Gasteiger partial charge in [0.2, 0.25) is 0 Å². The third-order valence-electron chi connectivity index (χ3n) is 5.98. The fraction of sp³-hybridized carbons (Fsp3) is 0.0800. The predicted molar refractivity (Wildman–Crippen MR) is 140 cm³/mol. The number of anilines is 3. The highest BCUT2D eigenvalue weighted by Gasteiger charge is 2.25. The summed E-state index contributed by atoms with van der Waals surface area (Å²) in [6, 6.07) is 12.5. The molecule has 0 aliphatic rings. The van der Waals surface area contributed by atoms with Crippen LogP contribution >= 0.6 is 0 Å². The van der Waals surface area contributed by atoms with Gasteiger partial charge in [0.15, 0.2) is 11.6 Å². The molecule has 0 spiro atoms. The fourth-order valence-corrected chi connectivity index (χ4v) is 4.12. The van der Waals surface area contributed by atoms with Crippen molar-refractivity contribution in [2.24, 2.45) is 0 Å². The predicted octanol–water partition coefficient (Wildman–Crippen LogP) is 3.84. The summed E-state index contributed by atoms with van der Waals surface area (Å²) in [4.78, 5) is 35.7. The molecule has 202 valence electrons. The zero-order valence-electron chi connectivity index (χ0n) is 20.4. The Balaban J connectivity index is 1.55. The van der Waals surface area contributed by atoms with Gasteiger partial charge in [-0.2, -0.15) is 19.7 Å². The van der Waals surface area contributed by atoms with Crippen LogP contribution in [0.2, 0.25) is 0 Å². The van der Waals surface area contributed by atoms with Crippen molar-refractivity contribution in [3.05, 3.63) is 99.4 Å². The molecule has 3 aromatic heterocycles. The number of fused-ring (bicyclic) bond motifs is 1. The molecular weight excluding hydrogens is 528 g/mol. The first-order valence-electron chi connectivity index (χ1n) is 11.6. The van der Waals surface area contributed by atoms with Gasteiger partial charge in [0.25, 0.3) is 11.6 Å². The summed E-state index contributed by atoms with van der Waals surface area (Å²) in [5.41, 5.74) is 13.3. The molecule has 13 nitrogen and oxygen atoms in total. The van der Waals surface area contributed by atoms with E-state index in [0.717, 1.165) is 21.8 Å². The Morgan fingerprint density at radius 2 is 1.75 bits per heavy atom. The Morgan fingerprint density at radius 1 is 1.07 bits per heavy atom. The molecule has 0 radical (unpaired) electrons. The smallest absolute Gasteiger partial charge is 0.412 e. The first-order chi connectivity index (χ1) is 19.1. The molecule has 0 unspecified atom stereocenters. The summed E-state index contributed by atoms with van der Waals surface area (Å²) in [6.45, 7) is -0.267. The lowest BCUT2D eigenvalue weighted by atomic mass is 10.1. The molecular formula is C25H19F2N9O4. The normalized spacial score (nSPS) is 11.1. The molecule has 0 bridgehead atoms. The van der Waals surface area contributed by atoms with E-state index >= 15 is 0 Å². The molecule has 0 saturated heterocycles. The van der Waals surface area contributed by atoms with Crippen LogP contribution in [0.5, 0.6) is 0 Å². The summed E-state index contributed by atoms with van der Waals surface area (Å²) in [5, 5.41) is 25.2. The van der Waals surface area contributed by atoms with Gasteiger partial charge >= 0.3 is 6.09 Å². The van der Waals surface area contributed by atoms with Gasteiger partial charge in [-0.05, 0) is 17.2 Å². The van der Waals surface area contributed by atoms with Gasteiger partial charge < -0.3 is 16.6 Å². The van der Waals surface area contributed by atoms with Crippen molar-refractivity contribution >= 4 is 40.1 Å². The van der Waals surface area contributed by atoms with Gasteiger partial charge in [0.1, 0.15) is 22.8 Å². The van der Waals surface area contributed by atoms with E-state index in [1.54, 1.807) is 18.2 Å². The maximum atomic E-state index is 14.3. The number of nitro groups is 1. The number of aromatic nitrogens is 5. The summed E-state index contributed by atoms with van der Waals surface area (Å²) < 4.78 is 29.6. The van der Waals surface area contributed by atoms with Gasteiger partial charge in [-0.3, -0.25) is 15.0 Å². The van der Waals surface area contributed by atoms with Crippen LogP contribution in [0.3, 0.4) is 0 Å². The van der Waals surface area contributed by atoms with Gasteiger partial charge in [-0.25, -0.2) is 18.6 Å². The number of amides is 1. The molecule has 5 aromatic rings. The topological polar surface area (TPSA) is 192 Å². The third-order valence-corrected chi connectivity index (χ3v) is 5.98. The monoisotopic (exact) mass is 547 g/mol. The highest BCUT2D eigenvalue weighted by atomic mass is 19.1. The summed E-state index contributed by atoms with van der Waals surface area (Å²) >= 11 is 0. The van der Waals surface area contributed by atoms with Crippen molar-refractivity contribution in [1.82, 2.24) is 24.7 Å². The molecule has 5 rings (SSSR count). The fourth-order valence-electron chi connectivity index (χ4n) is 4.12. The zero-order chi connectivity index (χ0) is 28.6. The quantitative estimate of drug-likeness (QED) is 0.199. The van der Waals surface area contributed by atoms with E-state index in [2.05, 4.69) is 20.1 Å². The number of non-ortho nitro benzene ring substituents is 1. The number of nitrogens with two attached hydrogens (primary N) is 2. The minimum Gasteiger partial charge on any atom is -0.465 e. The number of rotatable bonds is 7. The van der Waals surface area contributed by atoms with E-state index in [0.29, 0.717) is 16.8 Å². The molecule has 3 heterocycles. The van der Waals surface area contributed by atoms with Crippen LogP contribution in [-0.4, -0.2) is 40.9 Å². The number of hydrogen-bond acceptors (Lipinski definition) is 9. The van der Waals surface area contributed by atoms with E-state index in [-0.39, 0.29) is 53.0 Å². The maximum Gasteiger partial charge on any atom is 0.412 e. The van der Waals surface area contributed by atoms with Crippen LogP contribution in [-0.2, 0) is 13.0 Å². The zero-order valence-corrected chi connectivity index (χ0v) is 20.4. The summed E-state index contributed by atoms with van der Waals surface area (Å²) in [5.74, 6) is -1.98. The Labute approximate surface area is 223 Å². The van der Waals surface area contributed by atoms with Gasteiger partial charge in [-0.1, -0.05) is 30.3 Å². The van der Waals surface area contributed by atoms with E-state index < -0.39 is 22.7 Å². The molecule has 40 heavy (non-hydrogen) atoms. The maximum absolute atomic E-state index is 14.3. The number of carbonyl (C=O) groups is 1. The summed E-state index contributed by atoms with van der Waals surface area (Å²) in [6.07, 6.45) is -0.412. The van der Waals surface area contributed by atoms with E-state index in [9.17, 15) is 28.8 Å². The largest absolute Gasteiger partial charge is 0.465 e. The van der Waals surface area contributed by atoms with Crippen molar-refractivity contribution < 1.29 is 23.6 Å². The first kappa shape index (κ1) is 25.9. The number of hydrogen-bond donors (Lipinski definition) is 3. The molecule has 0 fully saturated rings. The van der Waals surface area contributed by atoms with Crippen molar-refractivity contribution in [1.29, 1.82) is 0 Å². The van der Waals surface area contributed by atoms with Gasteiger partial charge in [0.05, 0.1) is 28.9 Å². The van der Waals surface area contributed by atoms with Crippen LogP contribution in [0.1, 0.15) is 16.8 Å². The number of nitro benzene ring substituents is 1. The average Bonchev–Trinajstić information content (AvgIpc) is 3.26. The number of pyridine rings is 1. The molecule has 5 N–H and O–H groups in total. The van der Waals surface area contributed by atoms with Crippen LogP contribution in [0.4, 0.5) is 36.6 Å². The lowest BCUT2D eigenvalue weighted by Gasteiger charge is -2.22. The molecule has 15 heteroatoms. The van der Waals surface area contributed by atoms with E-state index in [4.69, 9.17) is 11.5 Å². The lowest BCUT2D eigenvalue weighted by Crippen LogP contribution is -2.31. The highest BCUT2D eigenvalue weighted by molar-refractivity contribution is 5.94.